The minimum absolute atomic E-state index is 0.134. The van der Waals surface area contributed by atoms with Crippen LogP contribution in [0.25, 0.3) is 0 Å². The van der Waals surface area contributed by atoms with Crippen molar-refractivity contribution in [2.45, 2.75) is 13.0 Å². The number of ether oxygens (including phenoxy) is 1. The molecule has 4 nitrogen and oxygen atoms in total. The third-order valence-corrected chi connectivity index (χ3v) is 4.97. The van der Waals surface area contributed by atoms with Crippen molar-refractivity contribution in [2.75, 3.05) is 36.5 Å². The molecule has 2 aromatic carbocycles. The maximum atomic E-state index is 5.42. The van der Waals surface area contributed by atoms with Crippen LogP contribution in [0.4, 0.5) is 11.4 Å². The Morgan fingerprint density at radius 2 is 1.72 bits per heavy atom. The summed E-state index contributed by atoms with van der Waals surface area (Å²) < 4.78 is 6.45. The number of hydrogen-bond donors (Lipinski definition) is 2. The summed E-state index contributed by atoms with van der Waals surface area (Å²) in [6.45, 7) is 5.62. The Morgan fingerprint density at radius 3 is 2.36 bits per heavy atom. The Hall–Kier alpha value is -1.63. The number of hydrogen-bond acceptors (Lipinski definition) is 3. The van der Waals surface area contributed by atoms with Crippen molar-refractivity contribution in [1.82, 2.24) is 5.32 Å². The van der Waals surface area contributed by atoms with Crippen LogP contribution in [0, 0.1) is 0 Å². The van der Waals surface area contributed by atoms with Gasteiger partial charge in [0, 0.05) is 28.9 Å². The highest BCUT2D eigenvalue weighted by Gasteiger charge is 2.12. The lowest BCUT2D eigenvalue weighted by Gasteiger charge is -2.29. The molecule has 0 spiro atoms. The first kappa shape index (κ1) is 18.2. The summed E-state index contributed by atoms with van der Waals surface area (Å²) in [6.07, 6.45) is 0. The molecule has 0 saturated carbocycles. The Balaban J connectivity index is 1.55. The third-order valence-electron chi connectivity index (χ3n) is 4.22. The highest BCUT2D eigenvalue weighted by atomic mass is 79.9. The van der Waals surface area contributed by atoms with Gasteiger partial charge in [-0.1, -0.05) is 28.1 Å². The third kappa shape index (κ3) is 5.17. The molecule has 0 radical (unpaired) electrons. The smallest absolute Gasteiger partial charge is 0.171 e. The van der Waals surface area contributed by atoms with E-state index < -0.39 is 0 Å². The zero-order chi connectivity index (χ0) is 17.6. The highest BCUT2D eigenvalue weighted by Crippen LogP contribution is 2.20. The molecule has 132 valence electrons. The van der Waals surface area contributed by atoms with E-state index in [1.165, 1.54) is 11.3 Å². The fourth-order valence-corrected chi connectivity index (χ4v) is 3.33. The molecule has 2 aromatic rings. The second-order valence-corrected chi connectivity index (χ2v) is 7.34. The Bertz CT molecular complexity index is 700. The summed E-state index contributed by atoms with van der Waals surface area (Å²) >= 11 is 8.85. The standard InChI is InChI=1S/C19H22BrN3OS/c1-14(21-19(25)22-17-6-4-16(20)5-7-17)15-2-8-18(9-3-15)23-10-12-24-13-11-23/h2-9,14H,10-13H2,1H3,(H2,21,22,25)/t14-/m0/s1. The molecule has 3 rings (SSSR count). The highest BCUT2D eigenvalue weighted by molar-refractivity contribution is 9.10. The number of rotatable bonds is 4. The van der Waals surface area contributed by atoms with Gasteiger partial charge in [0.2, 0.25) is 0 Å². The lowest BCUT2D eigenvalue weighted by molar-refractivity contribution is 0.122. The lowest BCUT2D eigenvalue weighted by Crippen LogP contribution is -2.36. The van der Waals surface area contributed by atoms with Gasteiger partial charge in [-0.15, -0.1) is 0 Å². The Morgan fingerprint density at radius 1 is 1.08 bits per heavy atom. The maximum absolute atomic E-state index is 5.42. The second-order valence-electron chi connectivity index (χ2n) is 6.02. The van der Waals surface area contributed by atoms with E-state index in [4.69, 9.17) is 17.0 Å². The van der Waals surface area contributed by atoms with Crippen LogP contribution in [0.2, 0.25) is 0 Å². The van der Waals surface area contributed by atoms with Crippen molar-refractivity contribution in [1.29, 1.82) is 0 Å². The number of anilines is 2. The lowest BCUT2D eigenvalue weighted by atomic mass is 10.1. The van der Waals surface area contributed by atoms with Crippen molar-refractivity contribution in [2.24, 2.45) is 0 Å². The van der Waals surface area contributed by atoms with Gasteiger partial charge in [0.15, 0.2) is 5.11 Å². The number of halogens is 1. The molecule has 1 heterocycles. The number of morpholine rings is 1. The van der Waals surface area contributed by atoms with E-state index in [2.05, 4.69) is 62.7 Å². The van der Waals surface area contributed by atoms with E-state index in [-0.39, 0.29) is 6.04 Å². The van der Waals surface area contributed by atoms with Gasteiger partial charge in [-0.2, -0.15) is 0 Å². The predicted molar refractivity (Wildman–Crippen MR) is 111 cm³/mol. The van der Waals surface area contributed by atoms with Crippen LogP contribution in [-0.2, 0) is 4.74 Å². The summed E-state index contributed by atoms with van der Waals surface area (Å²) in [7, 11) is 0. The summed E-state index contributed by atoms with van der Waals surface area (Å²) in [6, 6.07) is 16.7. The van der Waals surface area contributed by atoms with Gasteiger partial charge in [-0.3, -0.25) is 0 Å². The molecule has 0 unspecified atom stereocenters. The Kier molecular flexibility index (Phi) is 6.29. The van der Waals surface area contributed by atoms with Gasteiger partial charge in [-0.05, 0) is 61.1 Å². The van der Waals surface area contributed by atoms with Crippen molar-refractivity contribution in [3.8, 4) is 0 Å². The van der Waals surface area contributed by atoms with Crippen LogP contribution in [0.3, 0.4) is 0 Å². The number of nitrogens with zero attached hydrogens (tertiary/aromatic N) is 1. The molecule has 2 N–H and O–H groups in total. The first-order valence-electron chi connectivity index (χ1n) is 8.37. The largest absolute Gasteiger partial charge is 0.378 e. The summed E-state index contributed by atoms with van der Waals surface area (Å²) in [4.78, 5) is 2.35. The fourth-order valence-electron chi connectivity index (χ4n) is 2.78. The van der Waals surface area contributed by atoms with Gasteiger partial charge in [0.05, 0.1) is 19.3 Å². The fraction of sp³-hybridized carbons (Fsp3) is 0.316. The van der Waals surface area contributed by atoms with Crippen LogP contribution in [0.1, 0.15) is 18.5 Å². The van der Waals surface area contributed by atoms with Crippen molar-refractivity contribution >= 4 is 44.6 Å². The maximum Gasteiger partial charge on any atom is 0.171 e. The molecule has 0 amide bonds. The molecule has 1 aliphatic rings. The van der Waals surface area contributed by atoms with Crippen LogP contribution >= 0.6 is 28.1 Å². The normalized spacial score (nSPS) is 15.5. The van der Waals surface area contributed by atoms with Crippen molar-refractivity contribution in [3.05, 3.63) is 58.6 Å². The van der Waals surface area contributed by atoms with Crippen molar-refractivity contribution in [3.63, 3.8) is 0 Å². The molecule has 25 heavy (non-hydrogen) atoms. The van der Waals surface area contributed by atoms with Crippen LogP contribution < -0.4 is 15.5 Å². The minimum Gasteiger partial charge on any atom is -0.378 e. The van der Waals surface area contributed by atoms with E-state index in [9.17, 15) is 0 Å². The zero-order valence-corrected chi connectivity index (χ0v) is 16.6. The first-order chi connectivity index (χ1) is 12.1. The molecule has 1 atom stereocenters. The molecule has 1 saturated heterocycles. The molecule has 0 aromatic heterocycles. The summed E-state index contributed by atoms with van der Waals surface area (Å²) in [5.74, 6) is 0. The number of thiocarbonyl (C=S) groups is 1. The molecule has 0 bridgehead atoms. The van der Waals surface area contributed by atoms with E-state index in [0.29, 0.717) is 5.11 Å². The van der Waals surface area contributed by atoms with Crippen molar-refractivity contribution < 1.29 is 4.74 Å². The molecular formula is C19H22BrN3OS. The van der Waals surface area contributed by atoms with Gasteiger partial charge in [0.25, 0.3) is 0 Å². The van der Waals surface area contributed by atoms with E-state index in [1.54, 1.807) is 0 Å². The van der Waals surface area contributed by atoms with E-state index in [1.807, 2.05) is 24.3 Å². The molecule has 1 aliphatic heterocycles. The van der Waals surface area contributed by atoms with E-state index >= 15 is 0 Å². The first-order valence-corrected chi connectivity index (χ1v) is 9.58. The van der Waals surface area contributed by atoms with Gasteiger partial charge >= 0.3 is 0 Å². The second kappa shape index (κ2) is 8.65. The quantitative estimate of drug-likeness (QED) is 0.720. The van der Waals surface area contributed by atoms with Crippen LogP contribution in [0.5, 0.6) is 0 Å². The predicted octanol–water partition coefficient (Wildman–Crippen LogP) is 4.33. The van der Waals surface area contributed by atoms with Gasteiger partial charge in [0.1, 0.15) is 0 Å². The topological polar surface area (TPSA) is 36.5 Å². The zero-order valence-electron chi connectivity index (χ0n) is 14.2. The van der Waals surface area contributed by atoms with Crippen LogP contribution in [-0.4, -0.2) is 31.4 Å². The van der Waals surface area contributed by atoms with Gasteiger partial charge in [-0.25, -0.2) is 0 Å². The summed E-state index contributed by atoms with van der Waals surface area (Å²) in [5, 5.41) is 7.16. The van der Waals surface area contributed by atoms with Gasteiger partial charge < -0.3 is 20.3 Å². The SMILES string of the molecule is C[C@H](NC(=S)Nc1ccc(Br)cc1)c1ccc(N2CCOCC2)cc1. The summed E-state index contributed by atoms with van der Waals surface area (Å²) in [5.41, 5.74) is 3.42. The molecule has 1 fully saturated rings. The average Bonchev–Trinajstić information content (AvgIpc) is 2.64. The average molecular weight is 420 g/mol. The molecule has 6 heteroatoms. The van der Waals surface area contributed by atoms with Crippen LogP contribution in [0.15, 0.2) is 53.0 Å². The van der Waals surface area contributed by atoms with E-state index in [0.717, 1.165) is 36.5 Å². The Labute approximate surface area is 162 Å². The molecule has 0 aliphatic carbocycles. The monoisotopic (exact) mass is 419 g/mol. The molecular weight excluding hydrogens is 398 g/mol. The number of nitrogens with one attached hydrogen (secondary N) is 2. The number of benzene rings is 2. The minimum atomic E-state index is 0.134.